The highest BCUT2D eigenvalue weighted by Gasteiger charge is 2.10. The van der Waals surface area contributed by atoms with Crippen LogP contribution in [0, 0.1) is 11.8 Å². The monoisotopic (exact) mass is 184 g/mol. The Labute approximate surface area is 80.7 Å². The van der Waals surface area contributed by atoms with Crippen molar-refractivity contribution in [2.75, 3.05) is 0 Å². The fourth-order valence-corrected chi connectivity index (χ4v) is 1.27. The van der Waals surface area contributed by atoms with Crippen LogP contribution in [0.25, 0.3) is 0 Å². The lowest BCUT2D eigenvalue weighted by Crippen LogP contribution is -2.06. The van der Waals surface area contributed by atoms with Gasteiger partial charge >= 0.3 is 0 Å². The molecule has 0 unspecified atom stereocenters. The normalized spacial score (nSPS) is 17.5. The highest BCUT2D eigenvalue weighted by molar-refractivity contribution is 5.53. The summed E-state index contributed by atoms with van der Waals surface area (Å²) in [5.74, 6) is 0.610. The topological polar surface area (TPSA) is 34.1 Å². The van der Waals surface area contributed by atoms with E-state index in [0.717, 1.165) is 25.4 Å². The highest BCUT2D eigenvalue weighted by atomic mass is 16.1. The van der Waals surface area contributed by atoms with Crippen LogP contribution in [0.2, 0.25) is 0 Å². The first-order valence-electron chi connectivity index (χ1n) is 5.11. The zero-order chi connectivity index (χ0) is 10.1. The van der Waals surface area contributed by atoms with E-state index in [0.29, 0.717) is 5.92 Å². The van der Waals surface area contributed by atoms with Crippen LogP contribution in [0.1, 0.15) is 46.0 Å². The van der Waals surface area contributed by atoms with Crippen molar-refractivity contribution in [2.45, 2.75) is 46.0 Å². The van der Waals surface area contributed by atoms with E-state index < -0.39 is 0 Å². The van der Waals surface area contributed by atoms with Crippen molar-refractivity contribution in [2.24, 2.45) is 11.8 Å². The average Bonchev–Trinajstić information content (AvgIpc) is 2.20. The maximum atomic E-state index is 10.2. The third-order valence-electron chi connectivity index (χ3n) is 2.11. The van der Waals surface area contributed by atoms with Crippen LogP contribution in [-0.4, -0.2) is 12.6 Å². The molecule has 1 fully saturated rings. The summed E-state index contributed by atoms with van der Waals surface area (Å²) in [6.07, 6.45) is 8.18. The summed E-state index contributed by atoms with van der Waals surface area (Å²) in [5.41, 5.74) is 0. The Kier molecular flexibility index (Phi) is 7.56. The molecule has 0 N–H and O–H groups in total. The Morgan fingerprint density at radius 2 is 1.54 bits per heavy atom. The predicted molar refractivity (Wildman–Crippen MR) is 53.5 cm³/mol. The number of rotatable bonds is 2. The van der Waals surface area contributed by atoms with Crippen molar-refractivity contribution in [3.05, 3.63) is 0 Å². The van der Waals surface area contributed by atoms with Gasteiger partial charge in [0.05, 0.1) is 0 Å². The molecule has 0 spiro atoms. The fraction of sp³-hybridized carbons (Fsp3) is 0.818. The van der Waals surface area contributed by atoms with E-state index in [1.165, 1.54) is 19.3 Å². The Bertz CT molecular complexity index is 135. The summed E-state index contributed by atoms with van der Waals surface area (Å²) in [5, 5.41) is 0. The summed E-state index contributed by atoms with van der Waals surface area (Å²) in [4.78, 5) is 19.7. The molecule has 2 heteroatoms. The summed E-state index contributed by atoms with van der Waals surface area (Å²) >= 11 is 0. The molecule has 0 aliphatic heterocycles. The quantitative estimate of drug-likeness (QED) is 0.618. The SMILES string of the molecule is CC(C)C=O.O=CC1CCCCC1. The van der Waals surface area contributed by atoms with Crippen molar-refractivity contribution in [3.8, 4) is 0 Å². The average molecular weight is 184 g/mol. The first kappa shape index (κ1) is 12.3. The molecule has 0 saturated heterocycles. The second-order valence-electron chi connectivity index (χ2n) is 3.91. The van der Waals surface area contributed by atoms with Crippen LogP contribution in [0.3, 0.4) is 0 Å². The Morgan fingerprint density at radius 3 is 1.77 bits per heavy atom. The number of carbonyl (C=O) groups is 2. The molecule has 13 heavy (non-hydrogen) atoms. The molecule has 0 radical (unpaired) electrons. The molecule has 0 aromatic rings. The summed E-state index contributed by atoms with van der Waals surface area (Å²) in [6.45, 7) is 3.71. The standard InChI is InChI=1S/C7H12O.C4H8O/c8-6-7-4-2-1-3-5-7;1-4(2)3-5/h6-7H,1-5H2;3-4H,1-2H3. The third kappa shape index (κ3) is 7.69. The van der Waals surface area contributed by atoms with E-state index >= 15 is 0 Å². The van der Waals surface area contributed by atoms with E-state index in [2.05, 4.69) is 0 Å². The maximum Gasteiger partial charge on any atom is 0.123 e. The molecule has 0 amide bonds. The van der Waals surface area contributed by atoms with Gasteiger partial charge in [0.2, 0.25) is 0 Å². The lowest BCUT2D eigenvalue weighted by Gasteiger charge is -2.14. The molecule has 1 saturated carbocycles. The third-order valence-corrected chi connectivity index (χ3v) is 2.11. The van der Waals surface area contributed by atoms with Gasteiger partial charge in [-0.05, 0) is 12.8 Å². The van der Waals surface area contributed by atoms with Gasteiger partial charge in [0.25, 0.3) is 0 Å². The van der Waals surface area contributed by atoms with Gasteiger partial charge in [0, 0.05) is 11.8 Å². The van der Waals surface area contributed by atoms with Crippen molar-refractivity contribution < 1.29 is 9.59 Å². The molecule has 1 aliphatic rings. The molecular weight excluding hydrogens is 164 g/mol. The summed E-state index contributed by atoms with van der Waals surface area (Å²) in [6, 6.07) is 0. The Hall–Kier alpha value is -0.660. The first-order valence-corrected chi connectivity index (χ1v) is 5.11. The lowest BCUT2D eigenvalue weighted by atomic mass is 9.91. The van der Waals surface area contributed by atoms with E-state index in [4.69, 9.17) is 0 Å². The van der Waals surface area contributed by atoms with Crippen molar-refractivity contribution >= 4 is 12.6 Å². The van der Waals surface area contributed by atoms with E-state index in [1.807, 2.05) is 13.8 Å². The van der Waals surface area contributed by atoms with E-state index in [-0.39, 0.29) is 5.92 Å². The first-order chi connectivity index (χ1) is 6.20. The minimum absolute atomic E-state index is 0.204. The van der Waals surface area contributed by atoms with Crippen LogP contribution in [0.15, 0.2) is 0 Å². The predicted octanol–water partition coefficient (Wildman–Crippen LogP) is 2.61. The van der Waals surface area contributed by atoms with Crippen molar-refractivity contribution in [3.63, 3.8) is 0 Å². The number of hydrogen-bond acceptors (Lipinski definition) is 2. The second-order valence-corrected chi connectivity index (χ2v) is 3.91. The molecule has 1 aliphatic carbocycles. The minimum Gasteiger partial charge on any atom is -0.303 e. The van der Waals surface area contributed by atoms with E-state index in [9.17, 15) is 9.59 Å². The van der Waals surface area contributed by atoms with Crippen LogP contribution >= 0.6 is 0 Å². The van der Waals surface area contributed by atoms with Gasteiger partial charge in [-0.25, -0.2) is 0 Å². The molecule has 0 bridgehead atoms. The highest BCUT2D eigenvalue weighted by Crippen LogP contribution is 2.21. The number of hydrogen-bond donors (Lipinski definition) is 0. The lowest BCUT2D eigenvalue weighted by molar-refractivity contribution is -0.112. The van der Waals surface area contributed by atoms with Crippen LogP contribution in [0.5, 0.6) is 0 Å². The van der Waals surface area contributed by atoms with Gasteiger partial charge in [-0.2, -0.15) is 0 Å². The zero-order valence-corrected chi connectivity index (χ0v) is 8.66. The van der Waals surface area contributed by atoms with Gasteiger partial charge in [0.15, 0.2) is 0 Å². The molecule has 2 nitrogen and oxygen atoms in total. The smallest absolute Gasteiger partial charge is 0.123 e. The van der Waals surface area contributed by atoms with Crippen molar-refractivity contribution in [1.82, 2.24) is 0 Å². The van der Waals surface area contributed by atoms with Gasteiger partial charge < -0.3 is 9.59 Å². The largest absolute Gasteiger partial charge is 0.303 e. The van der Waals surface area contributed by atoms with Crippen LogP contribution in [-0.2, 0) is 9.59 Å². The van der Waals surface area contributed by atoms with Crippen LogP contribution in [0.4, 0.5) is 0 Å². The molecule has 0 aromatic heterocycles. The van der Waals surface area contributed by atoms with Gasteiger partial charge in [0.1, 0.15) is 12.6 Å². The molecule has 76 valence electrons. The fourth-order valence-electron chi connectivity index (χ4n) is 1.27. The van der Waals surface area contributed by atoms with Gasteiger partial charge in [-0.3, -0.25) is 0 Å². The van der Waals surface area contributed by atoms with E-state index in [1.54, 1.807) is 0 Å². The molecule has 0 aromatic carbocycles. The number of carbonyl (C=O) groups excluding carboxylic acids is 2. The Morgan fingerprint density at radius 1 is 1.08 bits per heavy atom. The molecule has 0 heterocycles. The van der Waals surface area contributed by atoms with Crippen LogP contribution < -0.4 is 0 Å². The minimum atomic E-state index is 0.204. The number of aldehydes is 2. The summed E-state index contributed by atoms with van der Waals surface area (Å²) < 4.78 is 0. The molecule has 0 atom stereocenters. The van der Waals surface area contributed by atoms with Crippen molar-refractivity contribution in [1.29, 1.82) is 0 Å². The van der Waals surface area contributed by atoms with Gasteiger partial charge in [-0.15, -0.1) is 0 Å². The Balaban J connectivity index is 0.000000252. The maximum absolute atomic E-state index is 10.2. The zero-order valence-electron chi connectivity index (χ0n) is 8.66. The summed E-state index contributed by atoms with van der Waals surface area (Å²) in [7, 11) is 0. The van der Waals surface area contributed by atoms with Gasteiger partial charge in [-0.1, -0.05) is 33.1 Å². The molecule has 1 rings (SSSR count). The molecular formula is C11H20O2. The second kappa shape index (κ2) is 7.96.